The minimum absolute atomic E-state index is 0.00628. The molecular formula is C22H23ClF2N4O6S. The molecule has 194 valence electrons. The van der Waals surface area contributed by atoms with Gasteiger partial charge in [-0.1, -0.05) is 11.6 Å². The van der Waals surface area contributed by atoms with Crippen LogP contribution < -0.4 is 20.9 Å². The lowest BCUT2D eigenvalue weighted by Gasteiger charge is -2.29. The molecule has 3 N–H and O–H groups in total. The molecule has 2 heterocycles. The van der Waals surface area contributed by atoms with Crippen LogP contribution in [0, 0.1) is 0 Å². The van der Waals surface area contributed by atoms with Gasteiger partial charge in [0.05, 0.1) is 28.1 Å². The number of nitrogens with zero attached hydrogens (tertiary/aromatic N) is 1. The number of rotatable bonds is 9. The van der Waals surface area contributed by atoms with Crippen molar-refractivity contribution in [2.24, 2.45) is 0 Å². The Hall–Kier alpha value is -3.29. The van der Waals surface area contributed by atoms with Crippen LogP contribution in [0.15, 0.2) is 30.3 Å². The molecule has 14 heteroatoms. The highest BCUT2D eigenvalue weighted by atomic mass is 35.5. The fourth-order valence-corrected chi connectivity index (χ4v) is 4.26. The van der Waals surface area contributed by atoms with Crippen LogP contribution in [0.4, 0.5) is 25.0 Å². The van der Waals surface area contributed by atoms with Crippen LogP contribution in [0.2, 0.25) is 4.34 Å². The zero-order valence-corrected chi connectivity index (χ0v) is 20.6. The van der Waals surface area contributed by atoms with E-state index in [2.05, 4.69) is 16.0 Å². The molecular weight excluding hydrogens is 522 g/mol. The van der Waals surface area contributed by atoms with Crippen molar-refractivity contribution in [1.82, 2.24) is 10.6 Å². The molecule has 1 aromatic carbocycles. The Labute approximate surface area is 213 Å². The third-order valence-electron chi connectivity index (χ3n) is 4.95. The lowest BCUT2D eigenvalue weighted by molar-refractivity contribution is -0.125. The Morgan fingerprint density at radius 2 is 2.03 bits per heavy atom. The van der Waals surface area contributed by atoms with E-state index in [0.29, 0.717) is 9.21 Å². The van der Waals surface area contributed by atoms with Gasteiger partial charge in [-0.25, -0.2) is 13.6 Å². The lowest BCUT2D eigenvalue weighted by Crippen LogP contribution is -2.50. The van der Waals surface area contributed by atoms with Gasteiger partial charge in [-0.3, -0.25) is 14.4 Å². The Morgan fingerprint density at radius 1 is 1.25 bits per heavy atom. The van der Waals surface area contributed by atoms with E-state index in [-0.39, 0.29) is 44.3 Å². The van der Waals surface area contributed by atoms with Crippen LogP contribution in [0.1, 0.15) is 28.6 Å². The number of alkyl halides is 2. The van der Waals surface area contributed by atoms with E-state index in [1.165, 1.54) is 29.2 Å². The zero-order chi connectivity index (χ0) is 26.2. The second kappa shape index (κ2) is 12.6. The minimum Gasteiger partial charge on any atom is -0.450 e. The van der Waals surface area contributed by atoms with Gasteiger partial charge in [0.2, 0.25) is 5.91 Å². The Balaban J connectivity index is 1.75. The summed E-state index contributed by atoms with van der Waals surface area (Å²) in [7, 11) is 0. The molecule has 2 aromatic rings. The van der Waals surface area contributed by atoms with Crippen LogP contribution in [-0.4, -0.2) is 62.8 Å². The van der Waals surface area contributed by atoms with Crippen molar-refractivity contribution in [2.45, 2.75) is 19.4 Å². The number of nitrogens with one attached hydrogen (secondary N) is 3. The third kappa shape index (κ3) is 7.12. The topological polar surface area (TPSA) is 126 Å². The van der Waals surface area contributed by atoms with Crippen LogP contribution >= 0.6 is 22.9 Å². The summed E-state index contributed by atoms with van der Waals surface area (Å²) in [5.41, 5.74) is -0.438. The van der Waals surface area contributed by atoms with Crippen LogP contribution in [0.3, 0.4) is 0 Å². The van der Waals surface area contributed by atoms with E-state index in [1.54, 1.807) is 6.92 Å². The van der Waals surface area contributed by atoms with E-state index < -0.39 is 41.8 Å². The third-order valence-corrected chi connectivity index (χ3v) is 6.18. The van der Waals surface area contributed by atoms with Gasteiger partial charge < -0.3 is 30.3 Å². The maximum absolute atomic E-state index is 13.8. The van der Waals surface area contributed by atoms with E-state index in [1.807, 2.05) is 0 Å². The number of carbonyl (C=O) groups excluding carboxylic acids is 4. The number of thiophene rings is 1. The average Bonchev–Trinajstić information content (AvgIpc) is 3.28. The average molecular weight is 545 g/mol. The molecule has 0 aliphatic carbocycles. The van der Waals surface area contributed by atoms with Gasteiger partial charge in [0.25, 0.3) is 18.2 Å². The number of alkyl carbamates (subject to hydrolysis) is 1. The van der Waals surface area contributed by atoms with E-state index in [9.17, 15) is 28.0 Å². The van der Waals surface area contributed by atoms with E-state index in [0.717, 1.165) is 17.4 Å². The minimum atomic E-state index is -2.93. The second-order valence-electron chi connectivity index (χ2n) is 7.39. The summed E-state index contributed by atoms with van der Waals surface area (Å²) in [6, 6.07) is 5.46. The van der Waals surface area contributed by atoms with Crippen LogP contribution in [0.25, 0.3) is 0 Å². The number of carbonyl (C=O) groups is 4. The molecule has 1 saturated heterocycles. The summed E-state index contributed by atoms with van der Waals surface area (Å²) in [6.07, 6.45) is -3.83. The molecule has 1 aromatic heterocycles. The maximum atomic E-state index is 13.8. The highest BCUT2D eigenvalue weighted by Crippen LogP contribution is 2.33. The van der Waals surface area contributed by atoms with Crippen molar-refractivity contribution in [2.75, 3.05) is 43.1 Å². The molecule has 0 radical (unpaired) electrons. The Kier molecular flexibility index (Phi) is 9.56. The summed E-state index contributed by atoms with van der Waals surface area (Å²) in [6.45, 7) is 1.40. The van der Waals surface area contributed by atoms with Crippen molar-refractivity contribution >= 4 is 58.1 Å². The number of halogens is 3. The fraction of sp³-hybridized carbons (Fsp3) is 0.364. The molecule has 0 unspecified atom stereocenters. The molecule has 1 atom stereocenters. The first-order valence-electron chi connectivity index (χ1n) is 10.8. The van der Waals surface area contributed by atoms with Gasteiger partial charge in [-0.2, -0.15) is 0 Å². The summed E-state index contributed by atoms with van der Waals surface area (Å²) in [4.78, 5) is 50.8. The van der Waals surface area contributed by atoms with Gasteiger partial charge in [0.1, 0.15) is 12.6 Å². The van der Waals surface area contributed by atoms with Crippen LogP contribution in [0.5, 0.6) is 0 Å². The lowest BCUT2D eigenvalue weighted by atomic mass is 10.1. The van der Waals surface area contributed by atoms with E-state index in [4.69, 9.17) is 21.1 Å². The quantitative estimate of drug-likeness (QED) is 0.445. The highest BCUT2D eigenvalue weighted by molar-refractivity contribution is 7.18. The van der Waals surface area contributed by atoms with Crippen molar-refractivity contribution in [1.29, 1.82) is 0 Å². The van der Waals surface area contributed by atoms with Gasteiger partial charge in [0.15, 0.2) is 0 Å². The number of hydrogen-bond acceptors (Lipinski definition) is 7. The van der Waals surface area contributed by atoms with Gasteiger partial charge in [-0.05, 0) is 37.3 Å². The molecule has 0 bridgehead atoms. The summed E-state index contributed by atoms with van der Waals surface area (Å²) in [5.74, 6) is -1.76. The molecule has 0 saturated carbocycles. The predicted molar refractivity (Wildman–Crippen MR) is 129 cm³/mol. The number of benzene rings is 1. The highest BCUT2D eigenvalue weighted by Gasteiger charge is 2.27. The predicted octanol–water partition coefficient (Wildman–Crippen LogP) is 3.19. The number of morpholine rings is 1. The second-order valence-corrected chi connectivity index (χ2v) is 9.11. The molecule has 0 spiro atoms. The number of anilines is 2. The van der Waals surface area contributed by atoms with Crippen molar-refractivity contribution in [3.63, 3.8) is 0 Å². The summed E-state index contributed by atoms with van der Waals surface area (Å²) in [5, 5.41) is 7.30. The largest absolute Gasteiger partial charge is 0.450 e. The number of ether oxygens (including phenoxy) is 2. The monoisotopic (exact) mass is 544 g/mol. The van der Waals surface area contributed by atoms with Crippen molar-refractivity contribution < 1.29 is 37.4 Å². The smallest absolute Gasteiger partial charge is 0.407 e. The fourth-order valence-electron chi connectivity index (χ4n) is 3.30. The SMILES string of the molecule is CCOC(=O)N[C@@H](CNC(=O)c1ccc(Cl)s1)C(=O)Nc1ccc(N2CCOCC2=O)c(C(F)F)c1. The first kappa shape index (κ1) is 27.3. The standard InChI is InChI=1S/C22H23ClF2N4O6S/c1-2-35-22(33)28-14(10-26-21(32)16-5-6-17(23)36-16)20(31)27-12-3-4-15(13(9-12)19(24)25)29-7-8-34-11-18(29)30/h3-6,9,14,19H,2,7-8,10-11H2,1H3,(H,26,32)(H,27,31)(H,28,33)/t14-/m0/s1. The molecule has 1 aliphatic rings. The Morgan fingerprint density at radius 3 is 2.67 bits per heavy atom. The van der Waals surface area contributed by atoms with Crippen LogP contribution in [-0.2, 0) is 19.1 Å². The molecule has 36 heavy (non-hydrogen) atoms. The number of amides is 4. The molecule has 3 rings (SSSR count). The normalized spacial score (nSPS) is 14.4. The van der Waals surface area contributed by atoms with Crippen molar-refractivity contribution in [3.8, 4) is 0 Å². The summed E-state index contributed by atoms with van der Waals surface area (Å²) >= 11 is 6.87. The molecule has 10 nitrogen and oxygen atoms in total. The molecule has 4 amide bonds. The zero-order valence-electron chi connectivity index (χ0n) is 19.0. The van der Waals surface area contributed by atoms with E-state index >= 15 is 0 Å². The summed E-state index contributed by atoms with van der Waals surface area (Å²) < 4.78 is 37.9. The number of hydrogen-bond donors (Lipinski definition) is 3. The molecule has 1 fully saturated rings. The van der Waals surface area contributed by atoms with Gasteiger partial charge in [0, 0.05) is 24.3 Å². The molecule has 1 aliphatic heterocycles. The maximum Gasteiger partial charge on any atom is 0.407 e. The van der Waals surface area contributed by atoms with Crippen molar-refractivity contribution in [3.05, 3.63) is 45.1 Å². The van der Waals surface area contributed by atoms with Gasteiger partial charge >= 0.3 is 6.09 Å². The van der Waals surface area contributed by atoms with Gasteiger partial charge in [-0.15, -0.1) is 11.3 Å². The first-order valence-corrected chi connectivity index (χ1v) is 12.0. The first-order chi connectivity index (χ1) is 17.2. The Bertz CT molecular complexity index is 1130.